The Morgan fingerprint density at radius 3 is 2.37 bits per heavy atom. The molecular formula is C19H25ClIN5O. The first-order valence-corrected chi connectivity index (χ1v) is 8.92. The number of halogens is 2. The third-order valence-electron chi connectivity index (χ3n) is 3.73. The van der Waals surface area contributed by atoms with E-state index in [1.165, 1.54) is 0 Å². The summed E-state index contributed by atoms with van der Waals surface area (Å²) in [6, 6.07) is 11.3. The van der Waals surface area contributed by atoms with Gasteiger partial charge in [0, 0.05) is 38.4 Å². The molecule has 2 aromatic rings. The summed E-state index contributed by atoms with van der Waals surface area (Å²) in [5.41, 5.74) is 2.84. The number of aromatic nitrogens is 1. The van der Waals surface area contributed by atoms with E-state index in [1.807, 2.05) is 37.3 Å². The summed E-state index contributed by atoms with van der Waals surface area (Å²) in [4.78, 5) is 20.0. The first-order valence-electron chi connectivity index (χ1n) is 8.54. The van der Waals surface area contributed by atoms with Crippen molar-refractivity contribution in [3.63, 3.8) is 0 Å². The van der Waals surface area contributed by atoms with Gasteiger partial charge in [-0.3, -0.25) is 9.79 Å². The fourth-order valence-corrected chi connectivity index (χ4v) is 2.43. The highest BCUT2D eigenvalue weighted by Gasteiger charge is 2.04. The molecule has 6 nitrogen and oxygen atoms in total. The van der Waals surface area contributed by atoms with E-state index in [-0.39, 0.29) is 29.9 Å². The normalized spacial score (nSPS) is 10.7. The van der Waals surface area contributed by atoms with Gasteiger partial charge in [-0.2, -0.15) is 0 Å². The number of amides is 1. The van der Waals surface area contributed by atoms with Gasteiger partial charge in [-0.15, -0.1) is 24.0 Å². The summed E-state index contributed by atoms with van der Waals surface area (Å²) >= 11 is 5.78. The van der Waals surface area contributed by atoms with Crippen molar-refractivity contribution in [2.75, 3.05) is 20.1 Å². The van der Waals surface area contributed by atoms with Crippen molar-refractivity contribution in [3.05, 3.63) is 64.4 Å². The summed E-state index contributed by atoms with van der Waals surface area (Å²) in [6.45, 7) is 3.88. The molecule has 8 heteroatoms. The van der Waals surface area contributed by atoms with Crippen LogP contribution in [0.4, 0.5) is 0 Å². The van der Waals surface area contributed by atoms with Gasteiger partial charge in [0.05, 0.1) is 0 Å². The molecule has 1 amide bonds. The Morgan fingerprint density at radius 1 is 1.07 bits per heavy atom. The molecule has 0 aliphatic heterocycles. The van der Waals surface area contributed by atoms with Crippen LogP contribution < -0.4 is 16.0 Å². The highest BCUT2D eigenvalue weighted by Crippen LogP contribution is 2.06. The Bertz CT molecular complexity index is 735. The van der Waals surface area contributed by atoms with Gasteiger partial charge in [0.15, 0.2) is 5.96 Å². The van der Waals surface area contributed by atoms with Gasteiger partial charge >= 0.3 is 0 Å². The van der Waals surface area contributed by atoms with Crippen molar-refractivity contribution in [1.82, 2.24) is 20.9 Å². The van der Waals surface area contributed by atoms with E-state index in [9.17, 15) is 4.79 Å². The summed E-state index contributed by atoms with van der Waals surface area (Å²) in [7, 11) is 1.73. The highest BCUT2D eigenvalue weighted by atomic mass is 127. The minimum Gasteiger partial charge on any atom is -0.356 e. The Labute approximate surface area is 182 Å². The van der Waals surface area contributed by atoms with Crippen LogP contribution in [0, 0.1) is 0 Å². The number of nitrogens with zero attached hydrogens (tertiary/aromatic N) is 2. The lowest BCUT2D eigenvalue weighted by molar-refractivity contribution is 0.0956. The largest absolute Gasteiger partial charge is 0.356 e. The van der Waals surface area contributed by atoms with Crippen LogP contribution in [0.25, 0.3) is 0 Å². The minimum absolute atomic E-state index is 0. The van der Waals surface area contributed by atoms with E-state index in [4.69, 9.17) is 11.6 Å². The summed E-state index contributed by atoms with van der Waals surface area (Å²) in [5, 5.41) is 9.80. The predicted molar refractivity (Wildman–Crippen MR) is 121 cm³/mol. The van der Waals surface area contributed by atoms with Crippen LogP contribution in [-0.2, 0) is 13.0 Å². The lowest BCUT2D eigenvalue weighted by atomic mass is 10.1. The van der Waals surface area contributed by atoms with Gasteiger partial charge < -0.3 is 16.0 Å². The second-order valence-electron chi connectivity index (χ2n) is 5.65. The molecule has 0 saturated carbocycles. The number of pyridine rings is 1. The molecule has 3 N–H and O–H groups in total. The maximum absolute atomic E-state index is 11.8. The van der Waals surface area contributed by atoms with Gasteiger partial charge in [0.1, 0.15) is 5.15 Å². The van der Waals surface area contributed by atoms with Crippen molar-refractivity contribution in [1.29, 1.82) is 0 Å². The minimum atomic E-state index is -0.0545. The van der Waals surface area contributed by atoms with Crippen LogP contribution in [0.3, 0.4) is 0 Å². The molecule has 0 radical (unpaired) electrons. The third-order valence-corrected chi connectivity index (χ3v) is 3.96. The molecule has 1 aromatic heterocycles. The molecular weight excluding hydrogens is 477 g/mol. The molecule has 27 heavy (non-hydrogen) atoms. The SMILES string of the molecule is CCNC(=O)c1ccc(CNC(=NC)NCCc2ccc(Cl)nc2)cc1.I. The number of hydrogen-bond donors (Lipinski definition) is 3. The molecule has 0 aliphatic carbocycles. The van der Waals surface area contributed by atoms with E-state index in [2.05, 4.69) is 25.9 Å². The van der Waals surface area contributed by atoms with Gasteiger partial charge in [0.25, 0.3) is 5.91 Å². The molecule has 0 bridgehead atoms. The number of carbonyl (C=O) groups is 1. The number of hydrogen-bond acceptors (Lipinski definition) is 3. The number of carbonyl (C=O) groups excluding carboxylic acids is 1. The molecule has 146 valence electrons. The van der Waals surface area contributed by atoms with Gasteiger partial charge in [0.2, 0.25) is 0 Å². The Hall–Kier alpha value is -1.87. The number of benzene rings is 1. The van der Waals surface area contributed by atoms with E-state index in [0.717, 1.165) is 30.1 Å². The highest BCUT2D eigenvalue weighted by molar-refractivity contribution is 14.0. The number of nitrogens with one attached hydrogen (secondary N) is 3. The van der Waals surface area contributed by atoms with Crippen molar-refractivity contribution in [2.24, 2.45) is 4.99 Å². The molecule has 1 aromatic carbocycles. The second kappa shape index (κ2) is 12.5. The van der Waals surface area contributed by atoms with Crippen molar-refractivity contribution in [3.8, 4) is 0 Å². The Morgan fingerprint density at radius 2 is 1.78 bits per heavy atom. The topological polar surface area (TPSA) is 78.4 Å². The first kappa shape index (κ1) is 23.2. The molecule has 0 fully saturated rings. The maximum atomic E-state index is 11.8. The van der Waals surface area contributed by atoms with E-state index >= 15 is 0 Å². The Kier molecular flexibility index (Phi) is 10.7. The third kappa shape index (κ3) is 8.13. The average molecular weight is 502 g/mol. The Balaban J connectivity index is 0.00000364. The van der Waals surface area contributed by atoms with E-state index in [1.54, 1.807) is 19.3 Å². The lowest BCUT2D eigenvalue weighted by Gasteiger charge is -2.12. The smallest absolute Gasteiger partial charge is 0.251 e. The van der Waals surface area contributed by atoms with Gasteiger partial charge in [-0.25, -0.2) is 4.98 Å². The number of rotatable bonds is 7. The fourth-order valence-electron chi connectivity index (χ4n) is 2.32. The lowest BCUT2D eigenvalue weighted by Crippen LogP contribution is -2.37. The number of guanidine groups is 1. The van der Waals surface area contributed by atoms with E-state index in [0.29, 0.717) is 23.8 Å². The number of aliphatic imine (C=N–C) groups is 1. The zero-order chi connectivity index (χ0) is 18.8. The summed E-state index contributed by atoms with van der Waals surface area (Å²) in [5.74, 6) is 0.668. The molecule has 0 unspecified atom stereocenters. The predicted octanol–water partition coefficient (Wildman–Crippen LogP) is 3.01. The van der Waals surface area contributed by atoms with Crippen LogP contribution in [0.5, 0.6) is 0 Å². The van der Waals surface area contributed by atoms with Crippen LogP contribution in [0.1, 0.15) is 28.4 Å². The summed E-state index contributed by atoms with van der Waals surface area (Å²) in [6.07, 6.45) is 2.60. The first-order chi connectivity index (χ1) is 12.6. The fraction of sp³-hybridized carbons (Fsp3) is 0.316. The van der Waals surface area contributed by atoms with Crippen LogP contribution in [0.15, 0.2) is 47.6 Å². The maximum Gasteiger partial charge on any atom is 0.251 e. The van der Waals surface area contributed by atoms with Crippen LogP contribution in [-0.4, -0.2) is 37.0 Å². The van der Waals surface area contributed by atoms with Crippen molar-refractivity contribution >= 4 is 47.4 Å². The van der Waals surface area contributed by atoms with Gasteiger partial charge in [-0.05, 0) is 42.7 Å². The quantitative estimate of drug-likeness (QED) is 0.236. The molecule has 0 aliphatic rings. The molecule has 0 saturated heterocycles. The van der Waals surface area contributed by atoms with Crippen LogP contribution >= 0.6 is 35.6 Å². The molecule has 0 spiro atoms. The van der Waals surface area contributed by atoms with Crippen molar-refractivity contribution in [2.45, 2.75) is 19.9 Å². The van der Waals surface area contributed by atoms with Crippen LogP contribution in [0.2, 0.25) is 5.15 Å². The van der Waals surface area contributed by atoms with Gasteiger partial charge in [-0.1, -0.05) is 29.8 Å². The average Bonchev–Trinajstić information content (AvgIpc) is 2.66. The van der Waals surface area contributed by atoms with Crippen molar-refractivity contribution < 1.29 is 4.79 Å². The molecule has 2 rings (SSSR count). The van der Waals surface area contributed by atoms with E-state index < -0.39 is 0 Å². The zero-order valence-electron chi connectivity index (χ0n) is 15.5. The summed E-state index contributed by atoms with van der Waals surface area (Å²) < 4.78 is 0. The monoisotopic (exact) mass is 501 g/mol. The second-order valence-corrected chi connectivity index (χ2v) is 6.04. The molecule has 0 atom stereocenters. The molecule has 1 heterocycles. The standard InChI is InChI=1S/C19H24ClN5O.HI/c1-3-22-18(26)16-7-4-14(5-8-16)13-25-19(21-2)23-11-10-15-6-9-17(20)24-12-15;/h4-9,12H,3,10-11,13H2,1-2H3,(H,22,26)(H2,21,23,25);1H. The zero-order valence-corrected chi connectivity index (χ0v) is 18.5.